The summed E-state index contributed by atoms with van der Waals surface area (Å²) in [7, 11) is 1.41. The summed E-state index contributed by atoms with van der Waals surface area (Å²) in [5.74, 6) is -1.64. The lowest BCUT2D eigenvalue weighted by atomic mass is 10.2. The monoisotopic (exact) mass is 335 g/mol. The number of nitrogens with one attached hydrogen (secondary N) is 1. The molecule has 0 aliphatic rings. The van der Waals surface area contributed by atoms with Crippen LogP contribution in [0.3, 0.4) is 0 Å². The van der Waals surface area contributed by atoms with Gasteiger partial charge in [-0.15, -0.1) is 0 Å². The summed E-state index contributed by atoms with van der Waals surface area (Å²) in [5.41, 5.74) is 0.839. The Kier molecular flexibility index (Phi) is 6.33. The van der Waals surface area contributed by atoms with Crippen LogP contribution in [0.2, 0.25) is 0 Å². The first-order valence-electron chi connectivity index (χ1n) is 5.57. The van der Waals surface area contributed by atoms with Gasteiger partial charge in [0.05, 0.1) is 0 Å². The number of hydrogen-bond acceptors (Lipinski definition) is 3. The minimum atomic E-state index is -2.23. The second-order valence-corrected chi connectivity index (χ2v) is 5.99. The number of alkyl halides is 3. The van der Waals surface area contributed by atoms with Gasteiger partial charge < -0.3 is 10.1 Å². The van der Waals surface area contributed by atoms with Crippen LogP contribution in [0.15, 0.2) is 36.4 Å². The smallest absolute Gasteiger partial charge is 0.359 e. The van der Waals surface area contributed by atoms with Crippen LogP contribution in [0.25, 0.3) is 6.08 Å². The zero-order valence-corrected chi connectivity index (χ0v) is 12.7. The van der Waals surface area contributed by atoms with Crippen molar-refractivity contribution in [2.24, 2.45) is 0 Å². The van der Waals surface area contributed by atoms with E-state index in [-0.39, 0.29) is 0 Å². The number of halogens is 3. The highest BCUT2D eigenvalue weighted by Gasteiger charge is 2.35. The predicted octanol–water partition coefficient (Wildman–Crippen LogP) is 2.73. The van der Waals surface area contributed by atoms with E-state index < -0.39 is 21.8 Å². The molecule has 0 aliphatic carbocycles. The molecule has 0 spiro atoms. The van der Waals surface area contributed by atoms with E-state index in [1.54, 1.807) is 6.08 Å². The third-order valence-electron chi connectivity index (χ3n) is 2.23. The number of esters is 1. The SMILES string of the molecule is CNC(=O)C(/C=C/c1ccccc1)OC(=O)C(Cl)(Cl)Cl. The van der Waals surface area contributed by atoms with Crippen molar-refractivity contribution in [2.45, 2.75) is 9.90 Å². The molecule has 7 heteroatoms. The second-order valence-electron chi connectivity index (χ2n) is 3.71. The van der Waals surface area contributed by atoms with Crippen molar-refractivity contribution in [2.75, 3.05) is 7.05 Å². The molecular weight excluding hydrogens is 325 g/mol. The van der Waals surface area contributed by atoms with Crippen molar-refractivity contribution in [1.29, 1.82) is 0 Å². The van der Waals surface area contributed by atoms with Gasteiger partial charge in [-0.1, -0.05) is 71.2 Å². The van der Waals surface area contributed by atoms with E-state index in [0.29, 0.717) is 0 Å². The van der Waals surface area contributed by atoms with Crippen molar-refractivity contribution in [3.63, 3.8) is 0 Å². The number of rotatable bonds is 4. The average Bonchev–Trinajstić information content (AvgIpc) is 2.42. The predicted molar refractivity (Wildman–Crippen MR) is 79.7 cm³/mol. The third-order valence-corrected chi connectivity index (χ3v) is 2.70. The summed E-state index contributed by atoms with van der Waals surface area (Å²) in [6, 6.07) is 9.18. The van der Waals surface area contributed by atoms with E-state index in [4.69, 9.17) is 39.5 Å². The van der Waals surface area contributed by atoms with Crippen LogP contribution >= 0.6 is 34.8 Å². The maximum atomic E-state index is 11.6. The molecule has 0 heterocycles. The van der Waals surface area contributed by atoms with Gasteiger partial charge in [0.1, 0.15) is 0 Å². The fourth-order valence-corrected chi connectivity index (χ4v) is 1.40. The molecule has 1 rings (SSSR count). The number of benzene rings is 1. The van der Waals surface area contributed by atoms with Gasteiger partial charge in [-0.05, 0) is 11.6 Å². The van der Waals surface area contributed by atoms with Crippen LogP contribution < -0.4 is 5.32 Å². The van der Waals surface area contributed by atoms with E-state index in [1.807, 2.05) is 30.3 Å². The zero-order valence-electron chi connectivity index (χ0n) is 10.5. The number of amides is 1. The fraction of sp³-hybridized carbons (Fsp3) is 0.231. The molecule has 1 amide bonds. The van der Waals surface area contributed by atoms with Crippen LogP contribution in [-0.2, 0) is 14.3 Å². The van der Waals surface area contributed by atoms with Gasteiger partial charge >= 0.3 is 5.97 Å². The second kappa shape index (κ2) is 7.53. The molecule has 1 aromatic carbocycles. The molecule has 0 aliphatic heterocycles. The van der Waals surface area contributed by atoms with Gasteiger partial charge in [0.25, 0.3) is 9.70 Å². The summed E-state index contributed by atoms with van der Waals surface area (Å²) in [6.45, 7) is 0. The topological polar surface area (TPSA) is 55.4 Å². The maximum absolute atomic E-state index is 11.6. The van der Waals surface area contributed by atoms with Crippen molar-refractivity contribution in [1.82, 2.24) is 5.32 Å². The Hall–Kier alpha value is -1.23. The van der Waals surface area contributed by atoms with Crippen molar-refractivity contribution in [3.05, 3.63) is 42.0 Å². The molecule has 1 atom stereocenters. The normalized spacial score (nSPS) is 13.0. The largest absolute Gasteiger partial charge is 0.445 e. The Bertz CT molecular complexity index is 497. The molecule has 0 radical (unpaired) electrons. The molecule has 108 valence electrons. The van der Waals surface area contributed by atoms with Crippen LogP contribution in [0.1, 0.15) is 5.56 Å². The molecule has 1 unspecified atom stereocenters. The van der Waals surface area contributed by atoms with Crippen molar-refractivity contribution in [3.8, 4) is 0 Å². The van der Waals surface area contributed by atoms with Crippen molar-refractivity contribution < 1.29 is 14.3 Å². The fourth-order valence-electron chi connectivity index (χ4n) is 1.27. The van der Waals surface area contributed by atoms with Crippen LogP contribution in [0, 0.1) is 0 Å². The lowest BCUT2D eigenvalue weighted by Crippen LogP contribution is -2.37. The quantitative estimate of drug-likeness (QED) is 0.679. The van der Waals surface area contributed by atoms with E-state index in [9.17, 15) is 9.59 Å². The number of carbonyl (C=O) groups excluding carboxylic acids is 2. The molecule has 1 aromatic rings. The highest BCUT2D eigenvalue weighted by Crippen LogP contribution is 2.28. The third kappa shape index (κ3) is 5.41. The molecule has 1 N–H and O–H groups in total. The molecular formula is C13H12Cl3NO3. The van der Waals surface area contributed by atoms with E-state index in [2.05, 4.69) is 5.32 Å². The number of likely N-dealkylation sites (N-methyl/N-ethyl adjacent to an activating group) is 1. The summed E-state index contributed by atoms with van der Waals surface area (Å²) in [4.78, 5) is 23.1. The number of hydrogen-bond donors (Lipinski definition) is 1. The lowest BCUT2D eigenvalue weighted by Gasteiger charge is -2.16. The Morgan fingerprint density at radius 1 is 1.25 bits per heavy atom. The van der Waals surface area contributed by atoms with Crippen LogP contribution in [0.4, 0.5) is 0 Å². The first kappa shape index (κ1) is 16.8. The molecule has 0 saturated heterocycles. The first-order chi connectivity index (χ1) is 9.34. The van der Waals surface area contributed by atoms with Gasteiger partial charge in [-0.2, -0.15) is 0 Å². The van der Waals surface area contributed by atoms with Gasteiger partial charge in [-0.3, -0.25) is 4.79 Å². The van der Waals surface area contributed by atoms with Gasteiger partial charge in [0.2, 0.25) is 0 Å². The minimum absolute atomic E-state index is 0.528. The van der Waals surface area contributed by atoms with Gasteiger partial charge in [-0.25, -0.2) is 4.79 Å². The zero-order chi connectivity index (χ0) is 15.2. The Morgan fingerprint density at radius 2 is 1.85 bits per heavy atom. The maximum Gasteiger partial charge on any atom is 0.359 e. The minimum Gasteiger partial charge on any atom is -0.445 e. The summed E-state index contributed by atoms with van der Waals surface area (Å²) in [5, 5.41) is 2.36. The van der Waals surface area contributed by atoms with E-state index in [0.717, 1.165) is 5.56 Å². The molecule has 0 fully saturated rings. The first-order valence-corrected chi connectivity index (χ1v) is 6.70. The van der Waals surface area contributed by atoms with E-state index >= 15 is 0 Å². The van der Waals surface area contributed by atoms with Crippen LogP contribution in [-0.4, -0.2) is 28.8 Å². The summed E-state index contributed by atoms with van der Waals surface area (Å²) >= 11 is 16.2. The molecule has 4 nitrogen and oxygen atoms in total. The highest BCUT2D eigenvalue weighted by molar-refractivity contribution is 6.75. The Balaban J connectivity index is 2.83. The highest BCUT2D eigenvalue weighted by atomic mass is 35.6. The molecule has 0 bridgehead atoms. The van der Waals surface area contributed by atoms with E-state index in [1.165, 1.54) is 13.1 Å². The lowest BCUT2D eigenvalue weighted by molar-refractivity contribution is -0.151. The number of ether oxygens (including phenoxy) is 1. The van der Waals surface area contributed by atoms with Crippen molar-refractivity contribution >= 4 is 52.8 Å². The summed E-state index contributed by atoms with van der Waals surface area (Å²) in [6.07, 6.45) is 1.86. The van der Waals surface area contributed by atoms with Crippen LogP contribution in [0.5, 0.6) is 0 Å². The summed E-state index contributed by atoms with van der Waals surface area (Å²) < 4.78 is 2.63. The van der Waals surface area contributed by atoms with Gasteiger partial charge in [0.15, 0.2) is 6.10 Å². The van der Waals surface area contributed by atoms with Gasteiger partial charge in [0, 0.05) is 7.05 Å². The number of carbonyl (C=O) groups is 2. The molecule has 0 aromatic heterocycles. The molecule has 0 saturated carbocycles. The average molecular weight is 337 g/mol. The Labute approximate surface area is 131 Å². The standard InChI is InChI=1S/C13H12Cl3NO3/c1-17-11(18)10(20-12(19)13(14,15)16)8-7-9-5-3-2-4-6-9/h2-8,10H,1H3,(H,17,18)/b8-7+. The molecule has 20 heavy (non-hydrogen) atoms. The Morgan fingerprint density at radius 3 is 2.35 bits per heavy atom.